The summed E-state index contributed by atoms with van der Waals surface area (Å²) in [6, 6.07) is 12.6. The number of sulfonamides is 1. The summed E-state index contributed by atoms with van der Waals surface area (Å²) in [6.45, 7) is 1.77. The van der Waals surface area contributed by atoms with Gasteiger partial charge in [0.05, 0.1) is 5.69 Å². The average Bonchev–Trinajstić information content (AvgIpc) is 2.49. The number of hydrogen-bond acceptors (Lipinski definition) is 3. The first-order valence-electron chi connectivity index (χ1n) is 6.42. The second-order valence-corrected chi connectivity index (χ2v) is 6.73. The van der Waals surface area contributed by atoms with Gasteiger partial charge in [-0.1, -0.05) is 36.4 Å². The Balaban J connectivity index is 2.42. The van der Waals surface area contributed by atoms with Gasteiger partial charge in [0.2, 0.25) is 10.0 Å². The lowest BCUT2D eigenvalue weighted by Gasteiger charge is -2.25. The van der Waals surface area contributed by atoms with E-state index in [1.54, 1.807) is 6.92 Å². The molecule has 2 aromatic rings. The number of rotatable bonds is 4. The van der Waals surface area contributed by atoms with Crippen LogP contribution in [0.25, 0.3) is 0 Å². The van der Waals surface area contributed by atoms with Crippen LogP contribution in [0.15, 0.2) is 53.4 Å². The molecule has 4 nitrogen and oxygen atoms in total. The molecule has 0 saturated heterocycles. The van der Waals surface area contributed by atoms with E-state index in [1.807, 2.05) is 30.3 Å². The van der Waals surface area contributed by atoms with Crippen molar-refractivity contribution in [1.82, 2.24) is 4.31 Å². The molecule has 0 aliphatic rings. The normalized spacial score (nSPS) is 13.3. The molecule has 112 valence electrons. The third-order valence-electron chi connectivity index (χ3n) is 3.50. The maximum Gasteiger partial charge on any atom is 0.245 e. The van der Waals surface area contributed by atoms with Gasteiger partial charge in [-0.3, -0.25) is 0 Å². The van der Waals surface area contributed by atoms with Crippen molar-refractivity contribution >= 4 is 15.7 Å². The molecule has 0 spiro atoms. The number of nitrogens with zero attached hydrogens (tertiary/aromatic N) is 1. The molecule has 0 bridgehead atoms. The van der Waals surface area contributed by atoms with Crippen LogP contribution in [0, 0.1) is 5.82 Å². The molecule has 0 aromatic heterocycles. The monoisotopic (exact) mass is 308 g/mol. The van der Waals surface area contributed by atoms with Gasteiger partial charge in [-0.05, 0) is 24.6 Å². The summed E-state index contributed by atoms with van der Waals surface area (Å²) in [5.74, 6) is -0.739. The van der Waals surface area contributed by atoms with Crippen LogP contribution >= 0.6 is 0 Å². The van der Waals surface area contributed by atoms with Crippen molar-refractivity contribution < 1.29 is 12.8 Å². The predicted octanol–water partition coefficient (Wildman–Crippen LogP) is 2.79. The standard InChI is InChI=1S/C15H17FN2O2S/c1-11(12-7-4-3-5-8-12)18(2)21(19,20)14-10-6-9-13(16)15(14)17/h3-11H,17H2,1-2H3. The summed E-state index contributed by atoms with van der Waals surface area (Å²) in [4.78, 5) is -0.215. The Bertz CT molecular complexity index is 733. The number of nitrogen functional groups attached to an aromatic ring is 1. The number of hydrogen-bond donors (Lipinski definition) is 1. The van der Waals surface area contributed by atoms with E-state index in [2.05, 4.69) is 0 Å². The second-order valence-electron chi connectivity index (χ2n) is 4.76. The Morgan fingerprint density at radius 1 is 1.10 bits per heavy atom. The van der Waals surface area contributed by atoms with Crippen LogP contribution in [0.1, 0.15) is 18.5 Å². The summed E-state index contributed by atoms with van der Waals surface area (Å²) in [6.07, 6.45) is 0. The van der Waals surface area contributed by atoms with Crippen LogP contribution in [0.5, 0.6) is 0 Å². The van der Waals surface area contributed by atoms with Crippen LogP contribution in [0.3, 0.4) is 0 Å². The molecule has 0 heterocycles. The maximum atomic E-state index is 13.5. The molecule has 0 aliphatic carbocycles. The molecule has 2 N–H and O–H groups in total. The molecule has 6 heteroatoms. The van der Waals surface area contributed by atoms with E-state index in [0.29, 0.717) is 0 Å². The van der Waals surface area contributed by atoms with Crippen molar-refractivity contribution in [3.05, 3.63) is 59.9 Å². The topological polar surface area (TPSA) is 63.4 Å². The van der Waals surface area contributed by atoms with Gasteiger partial charge in [-0.15, -0.1) is 0 Å². The molecular formula is C15H17FN2O2S. The quantitative estimate of drug-likeness (QED) is 0.883. The molecule has 1 unspecified atom stereocenters. The van der Waals surface area contributed by atoms with Gasteiger partial charge in [0.25, 0.3) is 0 Å². The Kier molecular flexibility index (Phi) is 4.29. The fourth-order valence-electron chi connectivity index (χ4n) is 2.05. The van der Waals surface area contributed by atoms with Gasteiger partial charge in [0.1, 0.15) is 10.7 Å². The minimum Gasteiger partial charge on any atom is -0.395 e. The van der Waals surface area contributed by atoms with Crippen molar-refractivity contribution in [3.63, 3.8) is 0 Å². The first-order chi connectivity index (χ1) is 9.85. The second kappa shape index (κ2) is 5.83. The van der Waals surface area contributed by atoms with Crippen molar-refractivity contribution in [1.29, 1.82) is 0 Å². The Morgan fingerprint density at radius 3 is 2.33 bits per heavy atom. The SMILES string of the molecule is CC(c1ccccc1)N(C)S(=O)(=O)c1cccc(F)c1N. The van der Waals surface area contributed by atoms with Gasteiger partial charge in [-0.2, -0.15) is 4.31 Å². The van der Waals surface area contributed by atoms with Gasteiger partial charge in [0, 0.05) is 13.1 Å². The zero-order valence-electron chi connectivity index (χ0n) is 11.8. The third kappa shape index (κ3) is 2.91. The highest BCUT2D eigenvalue weighted by Crippen LogP contribution is 2.29. The van der Waals surface area contributed by atoms with Crippen molar-refractivity contribution in [3.8, 4) is 0 Å². The fourth-order valence-corrected chi connectivity index (χ4v) is 3.52. The Hall–Kier alpha value is -1.92. The molecule has 0 fully saturated rings. The number of nitrogens with two attached hydrogens (primary N) is 1. The fraction of sp³-hybridized carbons (Fsp3) is 0.200. The van der Waals surface area contributed by atoms with Gasteiger partial charge in [0.15, 0.2) is 0 Å². The smallest absolute Gasteiger partial charge is 0.245 e. The van der Waals surface area contributed by atoms with Crippen LogP contribution in [0.2, 0.25) is 0 Å². The highest BCUT2D eigenvalue weighted by molar-refractivity contribution is 7.89. The Morgan fingerprint density at radius 2 is 1.71 bits per heavy atom. The lowest BCUT2D eigenvalue weighted by Crippen LogP contribution is -2.30. The average molecular weight is 308 g/mol. The summed E-state index contributed by atoms with van der Waals surface area (Å²) in [5.41, 5.74) is 6.05. The first-order valence-corrected chi connectivity index (χ1v) is 7.86. The van der Waals surface area contributed by atoms with Crippen molar-refractivity contribution in [2.24, 2.45) is 0 Å². The van der Waals surface area contributed by atoms with Gasteiger partial charge < -0.3 is 5.73 Å². The van der Waals surface area contributed by atoms with E-state index in [4.69, 9.17) is 5.73 Å². The molecule has 21 heavy (non-hydrogen) atoms. The zero-order chi connectivity index (χ0) is 15.6. The highest BCUT2D eigenvalue weighted by Gasteiger charge is 2.28. The van der Waals surface area contributed by atoms with E-state index in [9.17, 15) is 12.8 Å². The summed E-state index contributed by atoms with van der Waals surface area (Å²) in [5, 5.41) is 0. The number of anilines is 1. The molecule has 0 radical (unpaired) electrons. The van der Waals surface area contributed by atoms with Crippen LogP contribution in [0.4, 0.5) is 10.1 Å². The van der Waals surface area contributed by atoms with Crippen LogP contribution < -0.4 is 5.73 Å². The molecule has 0 saturated carbocycles. The van der Waals surface area contributed by atoms with Crippen molar-refractivity contribution in [2.75, 3.05) is 12.8 Å². The number of para-hydroxylation sites is 1. The number of benzene rings is 2. The predicted molar refractivity (Wildman–Crippen MR) is 80.6 cm³/mol. The maximum absolute atomic E-state index is 13.5. The molecule has 1 atom stereocenters. The van der Waals surface area contributed by atoms with E-state index < -0.39 is 15.8 Å². The van der Waals surface area contributed by atoms with E-state index in [-0.39, 0.29) is 16.6 Å². The highest BCUT2D eigenvalue weighted by atomic mass is 32.2. The largest absolute Gasteiger partial charge is 0.395 e. The minimum atomic E-state index is -3.87. The molecule has 0 amide bonds. The zero-order valence-corrected chi connectivity index (χ0v) is 12.6. The lowest BCUT2D eigenvalue weighted by atomic mass is 10.1. The van der Waals surface area contributed by atoms with Gasteiger partial charge in [-0.25, -0.2) is 12.8 Å². The van der Waals surface area contributed by atoms with Crippen LogP contribution in [-0.4, -0.2) is 19.8 Å². The lowest BCUT2D eigenvalue weighted by molar-refractivity contribution is 0.398. The van der Waals surface area contributed by atoms with Crippen LogP contribution in [-0.2, 0) is 10.0 Å². The molecular weight excluding hydrogens is 291 g/mol. The van der Waals surface area contributed by atoms with Gasteiger partial charge >= 0.3 is 0 Å². The molecule has 0 aliphatic heterocycles. The summed E-state index contributed by atoms with van der Waals surface area (Å²) >= 11 is 0. The molecule has 2 aromatic carbocycles. The van der Waals surface area contributed by atoms with Crippen molar-refractivity contribution in [2.45, 2.75) is 17.9 Å². The summed E-state index contributed by atoms with van der Waals surface area (Å²) in [7, 11) is -2.42. The van der Waals surface area contributed by atoms with E-state index in [0.717, 1.165) is 11.6 Å². The molecule has 2 rings (SSSR count). The summed E-state index contributed by atoms with van der Waals surface area (Å²) < 4.78 is 39.9. The third-order valence-corrected chi connectivity index (χ3v) is 5.48. The minimum absolute atomic E-state index is 0.215. The number of halogens is 1. The van der Waals surface area contributed by atoms with E-state index >= 15 is 0 Å². The Labute approximate surface area is 124 Å². The first kappa shape index (κ1) is 15.5. The van der Waals surface area contributed by atoms with E-state index in [1.165, 1.54) is 23.5 Å².